The van der Waals surface area contributed by atoms with Crippen molar-refractivity contribution in [3.05, 3.63) is 59.7 Å². The van der Waals surface area contributed by atoms with Crippen LogP contribution in [0.2, 0.25) is 0 Å². The number of sulfone groups is 1. The summed E-state index contributed by atoms with van der Waals surface area (Å²) in [4.78, 5) is 39.6. The van der Waals surface area contributed by atoms with Gasteiger partial charge in [0.05, 0.1) is 17.9 Å². The molecule has 1 aliphatic carbocycles. The minimum absolute atomic E-state index is 0.0319. The van der Waals surface area contributed by atoms with Gasteiger partial charge in [0, 0.05) is 26.1 Å². The Balaban J connectivity index is 1.47. The van der Waals surface area contributed by atoms with Crippen molar-refractivity contribution < 1.29 is 32.6 Å². The van der Waals surface area contributed by atoms with Crippen LogP contribution in [0, 0.1) is 0 Å². The first-order chi connectivity index (χ1) is 16.2. The van der Waals surface area contributed by atoms with Crippen LogP contribution in [-0.4, -0.2) is 85.6 Å². The summed E-state index contributed by atoms with van der Waals surface area (Å²) in [6.45, 7) is -0.0290. The van der Waals surface area contributed by atoms with Gasteiger partial charge in [-0.2, -0.15) is 0 Å². The second kappa shape index (κ2) is 9.46. The summed E-state index contributed by atoms with van der Waals surface area (Å²) in [7, 11) is -1.89. The highest BCUT2D eigenvalue weighted by atomic mass is 32.2. The van der Waals surface area contributed by atoms with Crippen molar-refractivity contribution in [2.75, 3.05) is 38.2 Å². The SMILES string of the molecule is CN(C(=O)OCC1c2ccccc2-c2ccccc21)[C@@H](CC(=O)O)C(=O)N1CCS(=O)(=O)CC1. The second-order valence-corrected chi connectivity index (χ2v) is 10.8. The van der Waals surface area contributed by atoms with Crippen LogP contribution in [0.15, 0.2) is 48.5 Å². The maximum Gasteiger partial charge on any atom is 0.410 e. The largest absolute Gasteiger partial charge is 0.481 e. The number of aliphatic carboxylic acids is 1. The molecule has 0 unspecified atom stereocenters. The van der Waals surface area contributed by atoms with Crippen LogP contribution in [0.1, 0.15) is 23.5 Å². The molecule has 10 heteroatoms. The summed E-state index contributed by atoms with van der Waals surface area (Å²) < 4.78 is 28.9. The number of nitrogens with zero attached hydrogens (tertiary/aromatic N) is 2. The molecule has 34 heavy (non-hydrogen) atoms. The van der Waals surface area contributed by atoms with Crippen molar-refractivity contribution in [3.63, 3.8) is 0 Å². The van der Waals surface area contributed by atoms with Crippen LogP contribution >= 0.6 is 0 Å². The van der Waals surface area contributed by atoms with Gasteiger partial charge in [-0.15, -0.1) is 0 Å². The second-order valence-electron chi connectivity index (χ2n) is 8.51. The van der Waals surface area contributed by atoms with Gasteiger partial charge in [-0.25, -0.2) is 13.2 Å². The molecule has 1 fully saturated rings. The number of likely N-dealkylation sites (N-methyl/N-ethyl adjacent to an activating group) is 1. The maximum absolute atomic E-state index is 13.0. The van der Waals surface area contributed by atoms with E-state index in [1.807, 2.05) is 48.5 Å². The molecule has 0 saturated carbocycles. The summed E-state index contributed by atoms with van der Waals surface area (Å²) in [5.41, 5.74) is 4.22. The average molecular weight is 487 g/mol. The van der Waals surface area contributed by atoms with Crippen molar-refractivity contribution in [2.45, 2.75) is 18.4 Å². The molecule has 0 spiro atoms. The molecule has 2 amide bonds. The highest BCUT2D eigenvalue weighted by Gasteiger charge is 2.36. The zero-order valence-corrected chi connectivity index (χ0v) is 19.5. The Bertz CT molecular complexity index is 1170. The van der Waals surface area contributed by atoms with Crippen molar-refractivity contribution in [1.82, 2.24) is 9.80 Å². The molecule has 1 atom stereocenters. The predicted molar refractivity (Wildman–Crippen MR) is 124 cm³/mol. The Morgan fingerprint density at radius 3 is 2.09 bits per heavy atom. The summed E-state index contributed by atoms with van der Waals surface area (Å²) >= 11 is 0. The van der Waals surface area contributed by atoms with Crippen LogP contribution in [-0.2, 0) is 24.2 Å². The molecule has 4 rings (SSSR count). The first-order valence-electron chi connectivity index (χ1n) is 11.0. The number of amides is 2. The smallest absolute Gasteiger partial charge is 0.410 e. The third-order valence-electron chi connectivity index (χ3n) is 6.40. The third-order valence-corrected chi connectivity index (χ3v) is 8.01. The van der Waals surface area contributed by atoms with Crippen LogP contribution in [0.4, 0.5) is 4.79 Å². The van der Waals surface area contributed by atoms with Crippen molar-refractivity contribution >= 4 is 27.8 Å². The van der Waals surface area contributed by atoms with Crippen molar-refractivity contribution in [1.29, 1.82) is 0 Å². The fourth-order valence-corrected chi connectivity index (χ4v) is 5.72. The van der Waals surface area contributed by atoms with E-state index in [2.05, 4.69) is 0 Å². The summed E-state index contributed by atoms with van der Waals surface area (Å²) in [6.07, 6.45) is -1.42. The minimum Gasteiger partial charge on any atom is -0.481 e. The fourth-order valence-electron chi connectivity index (χ4n) is 4.52. The Kier molecular flexibility index (Phi) is 6.60. The topological polar surface area (TPSA) is 121 Å². The van der Waals surface area contributed by atoms with E-state index in [-0.39, 0.29) is 37.1 Å². The molecule has 0 aromatic heterocycles. The number of benzene rings is 2. The van der Waals surface area contributed by atoms with Gasteiger partial charge in [0.25, 0.3) is 0 Å². The standard InChI is InChI=1S/C24H26N2O7S/c1-25(21(14-22(27)28)23(29)26-10-12-34(31,32)13-11-26)24(30)33-15-20-18-8-4-2-6-16(18)17-7-3-5-9-19(17)20/h2-9,20-21H,10-15H2,1H3,(H,27,28)/t21-/m0/s1. The first kappa shape index (κ1) is 23.7. The number of carbonyl (C=O) groups is 3. The molecule has 180 valence electrons. The van der Waals surface area contributed by atoms with Crippen molar-refractivity contribution in [2.24, 2.45) is 0 Å². The molecular weight excluding hydrogens is 460 g/mol. The number of carbonyl (C=O) groups excluding carboxylic acids is 2. The number of carboxylic acids is 1. The molecule has 2 aromatic carbocycles. The van der Waals surface area contributed by atoms with E-state index < -0.39 is 40.3 Å². The molecule has 2 aliphatic rings. The van der Waals surface area contributed by atoms with E-state index in [4.69, 9.17) is 4.74 Å². The normalized spacial score (nSPS) is 17.4. The van der Waals surface area contributed by atoms with E-state index in [0.29, 0.717) is 0 Å². The van der Waals surface area contributed by atoms with Gasteiger partial charge in [-0.05, 0) is 22.3 Å². The van der Waals surface area contributed by atoms with E-state index in [0.717, 1.165) is 27.2 Å². The zero-order valence-electron chi connectivity index (χ0n) is 18.7. The van der Waals surface area contributed by atoms with Gasteiger partial charge in [0.15, 0.2) is 9.84 Å². The van der Waals surface area contributed by atoms with Gasteiger partial charge in [-0.1, -0.05) is 48.5 Å². The number of ether oxygens (including phenoxy) is 1. The molecule has 0 radical (unpaired) electrons. The van der Waals surface area contributed by atoms with Crippen LogP contribution in [0.25, 0.3) is 11.1 Å². The molecule has 2 aromatic rings. The summed E-state index contributed by atoms with van der Waals surface area (Å²) in [5.74, 6) is -2.40. The number of hydrogen-bond acceptors (Lipinski definition) is 6. The van der Waals surface area contributed by atoms with E-state index in [1.54, 1.807) is 0 Å². The van der Waals surface area contributed by atoms with E-state index >= 15 is 0 Å². The molecule has 0 bridgehead atoms. The van der Waals surface area contributed by atoms with E-state index in [1.165, 1.54) is 11.9 Å². The monoisotopic (exact) mass is 486 g/mol. The predicted octanol–water partition coefficient (Wildman–Crippen LogP) is 1.97. The van der Waals surface area contributed by atoms with Gasteiger partial charge < -0.3 is 14.7 Å². The van der Waals surface area contributed by atoms with Crippen molar-refractivity contribution in [3.8, 4) is 11.1 Å². The van der Waals surface area contributed by atoms with Gasteiger partial charge >= 0.3 is 12.1 Å². The number of carboxylic acid groups (broad SMARTS) is 1. The van der Waals surface area contributed by atoms with Crippen LogP contribution in [0.3, 0.4) is 0 Å². The number of rotatable bonds is 6. The molecule has 9 nitrogen and oxygen atoms in total. The first-order valence-corrected chi connectivity index (χ1v) is 12.8. The molecule has 1 aliphatic heterocycles. The van der Waals surface area contributed by atoms with Gasteiger partial charge in [0.2, 0.25) is 5.91 Å². The Labute approximate surface area is 197 Å². The molecular formula is C24H26N2O7S. The average Bonchev–Trinajstić information content (AvgIpc) is 3.14. The summed E-state index contributed by atoms with van der Waals surface area (Å²) in [5, 5.41) is 9.32. The van der Waals surface area contributed by atoms with Gasteiger partial charge in [0.1, 0.15) is 12.6 Å². The highest BCUT2D eigenvalue weighted by Crippen LogP contribution is 2.44. The summed E-state index contributed by atoms with van der Waals surface area (Å²) in [6, 6.07) is 14.5. The Morgan fingerprint density at radius 2 is 1.56 bits per heavy atom. The van der Waals surface area contributed by atoms with Gasteiger partial charge in [-0.3, -0.25) is 14.5 Å². The van der Waals surface area contributed by atoms with Crippen LogP contribution < -0.4 is 0 Å². The number of fused-ring (bicyclic) bond motifs is 3. The lowest BCUT2D eigenvalue weighted by molar-refractivity contribution is -0.144. The molecule has 1 heterocycles. The maximum atomic E-state index is 13.0. The lowest BCUT2D eigenvalue weighted by Gasteiger charge is -2.33. The molecule has 1 saturated heterocycles. The fraction of sp³-hybridized carbons (Fsp3) is 0.375. The highest BCUT2D eigenvalue weighted by molar-refractivity contribution is 7.91. The minimum atomic E-state index is -3.22. The van der Waals surface area contributed by atoms with Crippen LogP contribution in [0.5, 0.6) is 0 Å². The Hall–Kier alpha value is -3.40. The molecule has 1 N–H and O–H groups in total. The zero-order chi connectivity index (χ0) is 24.5. The number of hydrogen-bond donors (Lipinski definition) is 1. The third kappa shape index (κ3) is 4.77. The Morgan fingerprint density at radius 1 is 1.03 bits per heavy atom. The quantitative estimate of drug-likeness (QED) is 0.663. The lowest BCUT2D eigenvalue weighted by Crippen LogP contribution is -2.54. The van der Waals surface area contributed by atoms with E-state index in [9.17, 15) is 27.9 Å². The lowest BCUT2D eigenvalue weighted by atomic mass is 9.98.